The van der Waals surface area contributed by atoms with Gasteiger partial charge in [0.15, 0.2) is 0 Å². The molecule has 2 aromatic rings. The largest absolute Gasteiger partial charge is 0.458 e. The summed E-state index contributed by atoms with van der Waals surface area (Å²) >= 11 is 0. The minimum atomic E-state index is -4.68. The number of carbonyl (C=O) groups excluding carboxylic acids is 1. The molecule has 0 radical (unpaired) electrons. The lowest BCUT2D eigenvalue weighted by Gasteiger charge is -2.05. The van der Waals surface area contributed by atoms with Crippen LogP contribution < -0.4 is 0 Å². The SMILES string of the molecule is C=CCOC(=O)c1cnc2nc(C(F)(F)F)nn2c1C. The second kappa shape index (κ2) is 4.91. The summed E-state index contributed by atoms with van der Waals surface area (Å²) in [6, 6.07) is 0. The molecule has 6 nitrogen and oxygen atoms in total. The standard InChI is InChI=1S/C11H9F3N4O2/c1-3-4-20-8(19)7-5-15-10-16-9(11(12,13)14)17-18(10)6(7)2/h3,5H,1,4H2,2H3. The van der Waals surface area contributed by atoms with E-state index in [4.69, 9.17) is 4.74 Å². The van der Waals surface area contributed by atoms with Crippen molar-refractivity contribution in [3.63, 3.8) is 0 Å². The van der Waals surface area contributed by atoms with E-state index in [1.807, 2.05) is 0 Å². The first-order chi connectivity index (χ1) is 9.34. The highest BCUT2D eigenvalue weighted by Crippen LogP contribution is 2.26. The van der Waals surface area contributed by atoms with Crippen molar-refractivity contribution in [1.29, 1.82) is 0 Å². The summed E-state index contributed by atoms with van der Waals surface area (Å²) in [6.45, 7) is 4.80. The van der Waals surface area contributed by atoms with E-state index < -0.39 is 18.0 Å². The summed E-state index contributed by atoms with van der Waals surface area (Å²) in [4.78, 5) is 18.6. The number of aromatic nitrogens is 4. The summed E-state index contributed by atoms with van der Waals surface area (Å²) in [5, 5.41) is 3.30. The summed E-state index contributed by atoms with van der Waals surface area (Å²) in [5.41, 5.74) is 0.171. The first-order valence-electron chi connectivity index (χ1n) is 5.42. The number of carbonyl (C=O) groups is 1. The Hall–Kier alpha value is -2.45. The van der Waals surface area contributed by atoms with Crippen LogP contribution in [0.15, 0.2) is 18.9 Å². The molecule has 0 amide bonds. The van der Waals surface area contributed by atoms with Crippen LogP contribution in [-0.2, 0) is 10.9 Å². The summed E-state index contributed by atoms with van der Waals surface area (Å²) in [6.07, 6.45) is -2.20. The highest BCUT2D eigenvalue weighted by Gasteiger charge is 2.36. The van der Waals surface area contributed by atoms with Crippen LogP contribution in [-0.4, -0.2) is 32.2 Å². The number of nitrogens with zero attached hydrogens (tertiary/aromatic N) is 4. The average Bonchev–Trinajstić information content (AvgIpc) is 2.81. The number of fused-ring (bicyclic) bond motifs is 1. The molecule has 20 heavy (non-hydrogen) atoms. The van der Waals surface area contributed by atoms with Crippen molar-refractivity contribution in [3.05, 3.63) is 35.9 Å². The van der Waals surface area contributed by atoms with Crippen molar-refractivity contribution >= 4 is 11.7 Å². The Morgan fingerprint density at radius 2 is 2.25 bits per heavy atom. The molecule has 0 saturated carbocycles. The fourth-order valence-corrected chi connectivity index (χ4v) is 1.48. The van der Waals surface area contributed by atoms with Gasteiger partial charge in [0.25, 0.3) is 11.6 Å². The van der Waals surface area contributed by atoms with Crippen LogP contribution in [0.5, 0.6) is 0 Å². The molecule has 9 heteroatoms. The number of esters is 1. The van der Waals surface area contributed by atoms with E-state index in [0.29, 0.717) is 0 Å². The van der Waals surface area contributed by atoms with Gasteiger partial charge in [0, 0.05) is 6.20 Å². The van der Waals surface area contributed by atoms with Crippen LogP contribution in [0.25, 0.3) is 5.78 Å². The molecule has 0 fully saturated rings. The molecule has 0 saturated heterocycles. The normalized spacial score (nSPS) is 11.6. The maximum absolute atomic E-state index is 12.5. The fraction of sp³-hybridized carbons (Fsp3) is 0.273. The van der Waals surface area contributed by atoms with E-state index in [9.17, 15) is 18.0 Å². The molecule has 0 bridgehead atoms. The molecule has 0 spiro atoms. The number of hydrogen-bond donors (Lipinski definition) is 0. The van der Waals surface area contributed by atoms with Crippen LogP contribution in [0.1, 0.15) is 21.9 Å². The molecule has 0 aliphatic carbocycles. The van der Waals surface area contributed by atoms with Crippen molar-refractivity contribution < 1.29 is 22.7 Å². The first-order valence-corrected chi connectivity index (χ1v) is 5.42. The Balaban J connectivity index is 2.48. The summed E-state index contributed by atoms with van der Waals surface area (Å²) < 4.78 is 43.2. The van der Waals surface area contributed by atoms with Crippen molar-refractivity contribution in [2.45, 2.75) is 13.1 Å². The maximum atomic E-state index is 12.5. The highest BCUT2D eigenvalue weighted by atomic mass is 19.4. The zero-order valence-corrected chi connectivity index (χ0v) is 10.3. The van der Waals surface area contributed by atoms with Crippen molar-refractivity contribution in [2.75, 3.05) is 6.61 Å². The van der Waals surface area contributed by atoms with E-state index in [2.05, 4.69) is 21.6 Å². The number of ether oxygens (including phenoxy) is 1. The molecular formula is C11H9F3N4O2. The summed E-state index contributed by atoms with van der Waals surface area (Å²) in [5.74, 6) is -2.28. The van der Waals surface area contributed by atoms with E-state index >= 15 is 0 Å². The Morgan fingerprint density at radius 3 is 2.85 bits per heavy atom. The molecule has 2 heterocycles. The molecule has 106 valence electrons. The molecule has 2 aromatic heterocycles. The van der Waals surface area contributed by atoms with Crippen LogP contribution in [0.4, 0.5) is 13.2 Å². The van der Waals surface area contributed by atoms with Gasteiger partial charge in [-0.15, -0.1) is 5.10 Å². The van der Waals surface area contributed by atoms with Gasteiger partial charge in [0.05, 0.1) is 11.3 Å². The molecule has 0 aromatic carbocycles. The molecular weight excluding hydrogens is 277 g/mol. The van der Waals surface area contributed by atoms with Gasteiger partial charge >= 0.3 is 12.1 Å². The smallest absolute Gasteiger partial charge is 0.453 e. The van der Waals surface area contributed by atoms with Crippen molar-refractivity contribution in [2.24, 2.45) is 0 Å². The third-order valence-electron chi connectivity index (χ3n) is 2.41. The molecule has 0 aliphatic rings. The van der Waals surface area contributed by atoms with E-state index in [-0.39, 0.29) is 23.6 Å². The molecule has 2 rings (SSSR count). The first kappa shape index (κ1) is 14.0. The van der Waals surface area contributed by atoms with E-state index in [1.165, 1.54) is 13.0 Å². The van der Waals surface area contributed by atoms with Crippen LogP contribution >= 0.6 is 0 Å². The topological polar surface area (TPSA) is 69.4 Å². The van der Waals surface area contributed by atoms with Gasteiger partial charge in [-0.05, 0) is 6.92 Å². The monoisotopic (exact) mass is 286 g/mol. The fourth-order valence-electron chi connectivity index (χ4n) is 1.48. The van der Waals surface area contributed by atoms with Gasteiger partial charge in [-0.2, -0.15) is 18.2 Å². The third kappa shape index (κ3) is 2.46. The zero-order valence-electron chi connectivity index (χ0n) is 10.3. The second-order valence-corrected chi connectivity index (χ2v) is 3.79. The van der Waals surface area contributed by atoms with Crippen LogP contribution in [0.2, 0.25) is 0 Å². The Bertz CT molecular complexity index is 678. The number of alkyl halides is 3. The number of hydrogen-bond acceptors (Lipinski definition) is 5. The third-order valence-corrected chi connectivity index (χ3v) is 2.41. The quantitative estimate of drug-likeness (QED) is 0.635. The Morgan fingerprint density at radius 1 is 1.55 bits per heavy atom. The van der Waals surface area contributed by atoms with Gasteiger partial charge in [-0.1, -0.05) is 12.7 Å². The average molecular weight is 286 g/mol. The highest BCUT2D eigenvalue weighted by molar-refractivity contribution is 5.90. The van der Waals surface area contributed by atoms with Crippen LogP contribution in [0.3, 0.4) is 0 Å². The predicted octanol–water partition coefficient (Wildman–Crippen LogP) is 1.79. The molecule has 0 aliphatic heterocycles. The van der Waals surface area contributed by atoms with Gasteiger partial charge < -0.3 is 4.74 Å². The van der Waals surface area contributed by atoms with Gasteiger partial charge in [-0.3, -0.25) is 0 Å². The van der Waals surface area contributed by atoms with Crippen molar-refractivity contribution in [3.8, 4) is 0 Å². The molecule has 0 unspecified atom stereocenters. The summed E-state index contributed by atoms with van der Waals surface area (Å²) in [7, 11) is 0. The lowest BCUT2D eigenvalue weighted by atomic mass is 10.2. The predicted molar refractivity (Wildman–Crippen MR) is 61.0 cm³/mol. The molecule has 0 N–H and O–H groups in total. The Kier molecular flexibility index (Phi) is 3.43. The minimum absolute atomic E-state index is 0.0120. The van der Waals surface area contributed by atoms with E-state index in [0.717, 1.165) is 10.7 Å². The number of aryl methyl sites for hydroxylation is 1. The lowest BCUT2D eigenvalue weighted by molar-refractivity contribution is -0.144. The van der Waals surface area contributed by atoms with Gasteiger partial charge in [-0.25, -0.2) is 14.3 Å². The zero-order chi connectivity index (χ0) is 14.9. The van der Waals surface area contributed by atoms with Crippen LogP contribution in [0, 0.1) is 6.92 Å². The van der Waals surface area contributed by atoms with Crippen molar-refractivity contribution in [1.82, 2.24) is 19.6 Å². The Labute approximate surface area is 110 Å². The van der Waals surface area contributed by atoms with Gasteiger partial charge in [0.2, 0.25) is 0 Å². The van der Waals surface area contributed by atoms with Gasteiger partial charge in [0.1, 0.15) is 6.61 Å². The maximum Gasteiger partial charge on any atom is 0.453 e. The van der Waals surface area contributed by atoms with E-state index in [1.54, 1.807) is 0 Å². The minimum Gasteiger partial charge on any atom is -0.458 e. The molecule has 0 atom stereocenters. The lowest BCUT2D eigenvalue weighted by Crippen LogP contribution is -2.12. The number of halogens is 3. The number of rotatable bonds is 3. The second-order valence-electron chi connectivity index (χ2n) is 3.79.